The van der Waals surface area contributed by atoms with E-state index in [1.807, 2.05) is 0 Å². The lowest BCUT2D eigenvalue weighted by Gasteiger charge is -2.22. The number of aliphatic imine (C=N–C) groups is 1. The van der Waals surface area contributed by atoms with E-state index in [1.165, 1.54) is 57.2 Å². The molecule has 15 heavy (non-hydrogen) atoms. The van der Waals surface area contributed by atoms with E-state index in [2.05, 4.69) is 17.2 Å². The molecular formula is C13H24N2. The van der Waals surface area contributed by atoms with Gasteiger partial charge in [-0.15, -0.1) is 0 Å². The molecule has 1 aliphatic carbocycles. The van der Waals surface area contributed by atoms with E-state index in [4.69, 9.17) is 0 Å². The third-order valence-electron chi connectivity index (χ3n) is 3.88. The third kappa shape index (κ3) is 3.22. The SMILES string of the molecule is C[C@H](NC1=NCCCCC1)C1CCCC1. The van der Waals surface area contributed by atoms with Crippen molar-refractivity contribution in [1.82, 2.24) is 5.32 Å². The molecule has 0 unspecified atom stereocenters. The zero-order valence-electron chi connectivity index (χ0n) is 9.97. The number of amidine groups is 1. The van der Waals surface area contributed by atoms with Gasteiger partial charge >= 0.3 is 0 Å². The highest BCUT2D eigenvalue weighted by Gasteiger charge is 2.22. The van der Waals surface area contributed by atoms with E-state index < -0.39 is 0 Å². The maximum Gasteiger partial charge on any atom is 0.0965 e. The van der Waals surface area contributed by atoms with Crippen molar-refractivity contribution in [2.45, 2.75) is 64.3 Å². The lowest BCUT2D eigenvalue weighted by Crippen LogP contribution is -2.37. The van der Waals surface area contributed by atoms with Crippen LogP contribution in [0.2, 0.25) is 0 Å². The molecule has 2 rings (SSSR count). The number of nitrogens with one attached hydrogen (secondary N) is 1. The van der Waals surface area contributed by atoms with Crippen LogP contribution in [0, 0.1) is 5.92 Å². The average molecular weight is 208 g/mol. The lowest BCUT2D eigenvalue weighted by atomic mass is 9.99. The molecular weight excluding hydrogens is 184 g/mol. The normalized spacial score (nSPS) is 25.8. The summed E-state index contributed by atoms with van der Waals surface area (Å²) in [6.07, 6.45) is 10.8. The first-order valence-electron chi connectivity index (χ1n) is 6.66. The van der Waals surface area contributed by atoms with Crippen LogP contribution in [0.25, 0.3) is 0 Å². The Morgan fingerprint density at radius 2 is 1.93 bits per heavy atom. The Labute approximate surface area is 93.6 Å². The van der Waals surface area contributed by atoms with Gasteiger partial charge in [0.15, 0.2) is 0 Å². The highest BCUT2D eigenvalue weighted by Crippen LogP contribution is 2.27. The van der Waals surface area contributed by atoms with Crippen molar-refractivity contribution in [2.24, 2.45) is 10.9 Å². The Bertz CT molecular complexity index is 217. The molecule has 2 aliphatic rings. The Hall–Kier alpha value is -0.530. The van der Waals surface area contributed by atoms with E-state index >= 15 is 0 Å². The molecule has 0 aromatic heterocycles. The molecule has 86 valence electrons. The van der Waals surface area contributed by atoms with Crippen molar-refractivity contribution in [2.75, 3.05) is 6.54 Å². The van der Waals surface area contributed by atoms with Gasteiger partial charge in [0, 0.05) is 19.0 Å². The standard InChI is InChI=1S/C13H24N2/c1-11(12-7-4-5-8-12)15-13-9-3-2-6-10-14-13/h11-12H,2-10H2,1H3,(H,14,15)/t11-/m0/s1. The zero-order valence-corrected chi connectivity index (χ0v) is 9.97. The summed E-state index contributed by atoms with van der Waals surface area (Å²) in [5.41, 5.74) is 0. The van der Waals surface area contributed by atoms with E-state index in [9.17, 15) is 0 Å². The second-order valence-electron chi connectivity index (χ2n) is 5.12. The molecule has 1 heterocycles. The summed E-state index contributed by atoms with van der Waals surface area (Å²) >= 11 is 0. The molecule has 2 nitrogen and oxygen atoms in total. The van der Waals surface area contributed by atoms with Crippen molar-refractivity contribution in [3.8, 4) is 0 Å². The van der Waals surface area contributed by atoms with Crippen molar-refractivity contribution < 1.29 is 0 Å². The first kappa shape index (κ1) is 11.0. The first-order valence-corrected chi connectivity index (χ1v) is 6.66. The van der Waals surface area contributed by atoms with Crippen LogP contribution in [0.5, 0.6) is 0 Å². The Balaban J connectivity index is 1.81. The second kappa shape index (κ2) is 5.53. The molecule has 1 aliphatic heterocycles. The molecule has 1 N–H and O–H groups in total. The first-order chi connectivity index (χ1) is 7.36. The van der Waals surface area contributed by atoms with Gasteiger partial charge < -0.3 is 5.32 Å². The van der Waals surface area contributed by atoms with Crippen LogP contribution < -0.4 is 5.32 Å². The molecule has 2 heteroatoms. The van der Waals surface area contributed by atoms with Crippen LogP contribution in [0.4, 0.5) is 0 Å². The fourth-order valence-electron chi connectivity index (χ4n) is 2.83. The largest absolute Gasteiger partial charge is 0.371 e. The Morgan fingerprint density at radius 1 is 1.13 bits per heavy atom. The molecule has 0 aromatic rings. The second-order valence-corrected chi connectivity index (χ2v) is 5.12. The monoisotopic (exact) mass is 208 g/mol. The summed E-state index contributed by atoms with van der Waals surface area (Å²) in [7, 11) is 0. The third-order valence-corrected chi connectivity index (χ3v) is 3.88. The summed E-state index contributed by atoms with van der Waals surface area (Å²) < 4.78 is 0. The summed E-state index contributed by atoms with van der Waals surface area (Å²) in [5, 5.41) is 3.65. The maximum absolute atomic E-state index is 4.64. The van der Waals surface area contributed by atoms with Crippen LogP contribution in [0.15, 0.2) is 4.99 Å². The molecule has 0 aromatic carbocycles. The average Bonchev–Trinajstić information content (AvgIpc) is 2.65. The molecule has 1 saturated carbocycles. The topological polar surface area (TPSA) is 24.4 Å². The summed E-state index contributed by atoms with van der Waals surface area (Å²) in [4.78, 5) is 4.64. The van der Waals surface area contributed by atoms with Gasteiger partial charge in [-0.05, 0) is 38.5 Å². The molecule has 0 bridgehead atoms. The quantitative estimate of drug-likeness (QED) is 0.741. The summed E-state index contributed by atoms with van der Waals surface area (Å²) in [6, 6.07) is 0.643. The van der Waals surface area contributed by atoms with E-state index in [-0.39, 0.29) is 0 Å². The fraction of sp³-hybridized carbons (Fsp3) is 0.923. The highest BCUT2D eigenvalue weighted by molar-refractivity contribution is 5.82. The Kier molecular flexibility index (Phi) is 4.04. The highest BCUT2D eigenvalue weighted by atomic mass is 15.0. The van der Waals surface area contributed by atoms with Crippen molar-refractivity contribution in [3.63, 3.8) is 0 Å². The van der Waals surface area contributed by atoms with Gasteiger partial charge in [-0.1, -0.05) is 19.3 Å². The minimum Gasteiger partial charge on any atom is -0.371 e. The van der Waals surface area contributed by atoms with Crippen molar-refractivity contribution in [3.05, 3.63) is 0 Å². The van der Waals surface area contributed by atoms with E-state index in [0.717, 1.165) is 12.5 Å². The van der Waals surface area contributed by atoms with E-state index in [1.54, 1.807) is 0 Å². The summed E-state index contributed by atoms with van der Waals surface area (Å²) in [6.45, 7) is 3.38. The van der Waals surface area contributed by atoms with Gasteiger partial charge in [0.25, 0.3) is 0 Å². The predicted molar refractivity (Wildman–Crippen MR) is 65.3 cm³/mol. The number of hydrogen-bond acceptors (Lipinski definition) is 2. The molecule has 0 amide bonds. The van der Waals surface area contributed by atoms with Gasteiger partial charge in [0.05, 0.1) is 5.84 Å². The number of nitrogens with zero attached hydrogens (tertiary/aromatic N) is 1. The minimum atomic E-state index is 0.643. The fourth-order valence-corrected chi connectivity index (χ4v) is 2.83. The van der Waals surface area contributed by atoms with Crippen LogP contribution in [-0.2, 0) is 0 Å². The summed E-state index contributed by atoms with van der Waals surface area (Å²) in [5.74, 6) is 2.18. The number of hydrogen-bond donors (Lipinski definition) is 1. The van der Waals surface area contributed by atoms with Crippen LogP contribution in [-0.4, -0.2) is 18.4 Å². The zero-order chi connectivity index (χ0) is 10.5. The van der Waals surface area contributed by atoms with Crippen LogP contribution in [0.3, 0.4) is 0 Å². The molecule has 0 spiro atoms. The number of rotatable bonds is 2. The van der Waals surface area contributed by atoms with Crippen LogP contribution >= 0.6 is 0 Å². The van der Waals surface area contributed by atoms with Gasteiger partial charge in [-0.3, -0.25) is 4.99 Å². The van der Waals surface area contributed by atoms with Gasteiger partial charge in [-0.25, -0.2) is 0 Å². The lowest BCUT2D eigenvalue weighted by molar-refractivity contribution is 0.424. The predicted octanol–water partition coefficient (Wildman–Crippen LogP) is 3.13. The minimum absolute atomic E-state index is 0.643. The molecule has 0 radical (unpaired) electrons. The molecule has 1 fully saturated rings. The van der Waals surface area contributed by atoms with Gasteiger partial charge in [0.2, 0.25) is 0 Å². The van der Waals surface area contributed by atoms with E-state index in [0.29, 0.717) is 6.04 Å². The Morgan fingerprint density at radius 3 is 2.73 bits per heavy atom. The smallest absolute Gasteiger partial charge is 0.0965 e. The van der Waals surface area contributed by atoms with Crippen molar-refractivity contribution >= 4 is 5.84 Å². The molecule has 1 atom stereocenters. The maximum atomic E-state index is 4.64. The van der Waals surface area contributed by atoms with Gasteiger partial charge in [-0.2, -0.15) is 0 Å². The van der Waals surface area contributed by atoms with Crippen LogP contribution in [0.1, 0.15) is 58.3 Å². The van der Waals surface area contributed by atoms with Crippen molar-refractivity contribution in [1.29, 1.82) is 0 Å². The molecule has 0 saturated heterocycles. The van der Waals surface area contributed by atoms with Gasteiger partial charge in [0.1, 0.15) is 0 Å².